The summed E-state index contributed by atoms with van der Waals surface area (Å²) in [5.41, 5.74) is 0.890. The first-order valence-electron chi connectivity index (χ1n) is 6.10. The molecule has 2 rings (SSSR count). The fourth-order valence-electron chi connectivity index (χ4n) is 3.62. The van der Waals surface area contributed by atoms with Gasteiger partial charge >= 0.3 is 0 Å². The van der Waals surface area contributed by atoms with E-state index in [2.05, 4.69) is 39.9 Å². The standard InChI is InChI=1S/C13H25N/c1-12(2,3)9-7-6-8-10-11(9)14-13(10,4)5/h9-11,14H,6-8H2,1-5H3. The molecule has 2 fully saturated rings. The van der Waals surface area contributed by atoms with Crippen LogP contribution in [0.5, 0.6) is 0 Å². The third kappa shape index (κ3) is 1.50. The summed E-state index contributed by atoms with van der Waals surface area (Å²) in [5.74, 6) is 1.81. The quantitative estimate of drug-likeness (QED) is 0.626. The van der Waals surface area contributed by atoms with Crippen molar-refractivity contribution < 1.29 is 0 Å². The Labute approximate surface area is 88.7 Å². The Morgan fingerprint density at radius 2 is 1.79 bits per heavy atom. The topological polar surface area (TPSA) is 12.0 Å². The van der Waals surface area contributed by atoms with Crippen molar-refractivity contribution in [1.82, 2.24) is 5.32 Å². The molecule has 1 N–H and O–H groups in total. The minimum Gasteiger partial charge on any atom is -0.308 e. The Hall–Kier alpha value is -0.0400. The normalized spacial score (nSPS) is 41.4. The van der Waals surface area contributed by atoms with E-state index in [9.17, 15) is 0 Å². The Morgan fingerprint density at radius 3 is 2.29 bits per heavy atom. The summed E-state index contributed by atoms with van der Waals surface area (Å²) in [6.07, 6.45) is 4.30. The molecule has 1 aliphatic carbocycles. The van der Waals surface area contributed by atoms with Crippen LogP contribution in [0.4, 0.5) is 0 Å². The van der Waals surface area contributed by atoms with Gasteiger partial charge in [0.2, 0.25) is 0 Å². The second-order valence-corrected chi connectivity index (χ2v) is 6.90. The lowest BCUT2D eigenvalue weighted by Gasteiger charge is -2.61. The number of rotatable bonds is 0. The van der Waals surface area contributed by atoms with Crippen molar-refractivity contribution in [2.45, 2.75) is 65.5 Å². The SMILES string of the molecule is CC(C)(C)C1CCCC2C1NC2(C)C. The summed E-state index contributed by atoms with van der Waals surface area (Å²) >= 11 is 0. The lowest BCUT2D eigenvalue weighted by atomic mass is 9.57. The van der Waals surface area contributed by atoms with Gasteiger partial charge in [-0.2, -0.15) is 0 Å². The minimum absolute atomic E-state index is 0.411. The molecule has 0 aromatic carbocycles. The van der Waals surface area contributed by atoms with Crippen molar-refractivity contribution >= 4 is 0 Å². The van der Waals surface area contributed by atoms with Crippen LogP contribution in [0, 0.1) is 17.3 Å². The lowest BCUT2D eigenvalue weighted by Crippen LogP contribution is -2.72. The average molecular weight is 195 g/mol. The van der Waals surface area contributed by atoms with Gasteiger partial charge in [0.15, 0.2) is 0 Å². The summed E-state index contributed by atoms with van der Waals surface area (Å²) in [7, 11) is 0. The van der Waals surface area contributed by atoms with E-state index in [-0.39, 0.29) is 0 Å². The van der Waals surface area contributed by atoms with Gasteiger partial charge < -0.3 is 5.32 Å². The summed E-state index contributed by atoms with van der Waals surface area (Å²) in [5, 5.41) is 3.78. The zero-order chi connectivity index (χ0) is 10.6. The molecule has 1 nitrogen and oxygen atoms in total. The summed E-state index contributed by atoms with van der Waals surface area (Å²) in [6, 6.07) is 0.804. The molecular weight excluding hydrogens is 170 g/mol. The van der Waals surface area contributed by atoms with Crippen molar-refractivity contribution in [1.29, 1.82) is 0 Å². The Morgan fingerprint density at radius 1 is 1.14 bits per heavy atom. The van der Waals surface area contributed by atoms with Crippen molar-refractivity contribution in [3.63, 3.8) is 0 Å². The van der Waals surface area contributed by atoms with Crippen LogP contribution in [0.25, 0.3) is 0 Å². The maximum absolute atomic E-state index is 3.78. The molecule has 0 radical (unpaired) electrons. The van der Waals surface area contributed by atoms with Gasteiger partial charge in [0.1, 0.15) is 0 Å². The van der Waals surface area contributed by atoms with Gasteiger partial charge in [-0.25, -0.2) is 0 Å². The Bertz CT molecular complexity index is 224. The molecule has 0 aromatic heterocycles. The van der Waals surface area contributed by atoms with Gasteiger partial charge in [-0.15, -0.1) is 0 Å². The minimum atomic E-state index is 0.411. The van der Waals surface area contributed by atoms with Gasteiger partial charge in [0.05, 0.1) is 0 Å². The second-order valence-electron chi connectivity index (χ2n) is 6.90. The van der Waals surface area contributed by atoms with E-state index in [0.29, 0.717) is 11.0 Å². The lowest BCUT2D eigenvalue weighted by molar-refractivity contribution is -0.0442. The zero-order valence-electron chi connectivity index (χ0n) is 10.4. The summed E-state index contributed by atoms with van der Waals surface area (Å²) < 4.78 is 0. The van der Waals surface area contributed by atoms with E-state index in [1.165, 1.54) is 19.3 Å². The Balaban J connectivity index is 2.10. The number of hydrogen-bond acceptors (Lipinski definition) is 1. The van der Waals surface area contributed by atoms with Crippen LogP contribution in [-0.2, 0) is 0 Å². The molecule has 3 unspecified atom stereocenters. The van der Waals surface area contributed by atoms with Crippen LogP contribution in [0.1, 0.15) is 53.9 Å². The summed E-state index contributed by atoms with van der Waals surface area (Å²) in [4.78, 5) is 0. The van der Waals surface area contributed by atoms with Crippen LogP contribution >= 0.6 is 0 Å². The van der Waals surface area contributed by atoms with E-state index >= 15 is 0 Å². The average Bonchev–Trinajstić information content (AvgIpc) is 2.00. The summed E-state index contributed by atoms with van der Waals surface area (Å²) in [6.45, 7) is 11.9. The largest absolute Gasteiger partial charge is 0.308 e. The molecule has 3 atom stereocenters. The zero-order valence-corrected chi connectivity index (χ0v) is 10.4. The van der Waals surface area contributed by atoms with E-state index in [1.54, 1.807) is 0 Å². The predicted octanol–water partition coefficient (Wildman–Crippen LogP) is 3.20. The Kier molecular flexibility index (Phi) is 2.23. The number of nitrogens with one attached hydrogen (secondary N) is 1. The third-order valence-electron chi connectivity index (χ3n) is 4.48. The van der Waals surface area contributed by atoms with Crippen LogP contribution in [-0.4, -0.2) is 11.6 Å². The molecule has 82 valence electrons. The van der Waals surface area contributed by atoms with Crippen LogP contribution in [0.3, 0.4) is 0 Å². The van der Waals surface area contributed by atoms with Crippen molar-refractivity contribution in [2.24, 2.45) is 17.3 Å². The van der Waals surface area contributed by atoms with Gasteiger partial charge in [-0.05, 0) is 43.9 Å². The first-order chi connectivity index (χ1) is 6.32. The first-order valence-corrected chi connectivity index (χ1v) is 6.10. The fraction of sp³-hybridized carbons (Fsp3) is 1.00. The van der Waals surface area contributed by atoms with Gasteiger partial charge in [-0.3, -0.25) is 0 Å². The van der Waals surface area contributed by atoms with Crippen molar-refractivity contribution in [3.05, 3.63) is 0 Å². The van der Waals surface area contributed by atoms with Gasteiger partial charge in [0, 0.05) is 11.6 Å². The smallest absolute Gasteiger partial charge is 0.0171 e. The maximum Gasteiger partial charge on any atom is 0.0171 e. The number of hydrogen-bond donors (Lipinski definition) is 1. The molecule has 0 bridgehead atoms. The highest BCUT2D eigenvalue weighted by Gasteiger charge is 2.53. The molecular formula is C13H25N. The molecule has 1 saturated carbocycles. The highest BCUT2D eigenvalue weighted by Crippen LogP contribution is 2.49. The van der Waals surface area contributed by atoms with Gasteiger partial charge in [0.25, 0.3) is 0 Å². The molecule has 0 amide bonds. The second kappa shape index (κ2) is 2.98. The third-order valence-corrected chi connectivity index (χ3v) is 4.48. The predicted molar refractivity (Wildman–Crippen MR) is 61.3 cm³/mol. The van der Waals surface area contributed by atoms with Crippen LogP contribution in [0.15, 0.2) is 0 Å². The van der Waals surface area contributed by atoms with E-state index < -0.39 is 0 Å². The molecule has 1 aliphatic heterocycles. The monoisotopic (exact) mass is 195 g/mol. The van der Waals surface area contributed by atoms with Crippen molar-refractivity contribution in [2.75, 3.05) is 0 Å². The molecule has 2 aliphatic rings. The molecule has 1 heterocycles. The maximum atomic E-state index is 3.78. The van der Waals surface area contributed by atoms with E-state index in [1.807, 2.05) is 0 Å². The molecule has 1 saturated heterocycles. The molecule has 0 aromatic rings. The number of fused-ring (bicyclic) bond motifs is 1. The van der Waals surface area contributed by atoms with E-state index in [4.69, 9.17) is 0 Å². The van der Waals surface area contributed by atoms with Crippen LogP contribution in [0.2, 0.25) is 0 Å². The molecule has 1 heteroatoms. The molecule has 14 heavy (non-hydrogen) atoms. The van der Waals surface area contributed by atoms with Crippen LogP contribution < -0.4 is 5.32 Å². The highest BCUT2D eigenvalue weighted by atomic mass is 15.1. The van der Waals surface area contributed by atoms with E-state index in [0.717, 1.165) is 17.9 Å². The first kappa shape index (κ1) is 10.5. The fourth-order valence-corrected chi connectivity index (χ4v) is 3.62. The highest BCUT2D eigenvalue weighted by molar-refractivity contribution is 5.10. The van der Waals surface area contributed by atoms with Crippen molar-refractivity contribution in [3.8, 4) is 0 Å². The molecule has 0 spiro atoms. The van der Waals surface area contributed by atoms with Gasteiger partial charge in [-0.1, -0.05) is 27.2 Å².